The van der Waals surface area contributed by atoms with Crippen LogP contribution in [0, 0.1) is 5.92 Å². The Morgan fingerprint density at radius 2 is 1.50 bits per heavy atom. The summed E-state index contributed by atoms with van der Waals surface area (Å²) in [4.78, 5) is 35.0. The van der Waals surface area contributed by atoms with Gasteiger partial charge >= 0.3 is 12.1 Å². The van der Waals surface area contributed by atoms with Gasteiger partial charge in [-0.2, -0.15) is 17.9 Å². The highest BCUT2D eigenvalue weighted by Crippen LogP contribution is 2.40. The van der Waals surface area contributed by atoms with Crippen molar-refractivity contribution in [1.29, 1.82) is 0 Å². The lowest BCUT2D eigenvalue weighted by Crippen LogP contribution is -2.71. The van der Waals surface area contributed by atoms with E-state index in [1.807, 2.05) is 0 Å². The van der Waals surface area contributed by atoms with E-state index in [0.29, 0.717) is 21.0 Å². The fourth-order valence-corrected chi connectivity index (χ4v) is 3.86. The number of carbonyl (C=O) groups excluding carboxylic acids is 3. The Bertz CT molecular complexity index is 792. The minimum atomic E-state index is -5.65. The number of benzene rings is 1. The molecule has 1 aromatic rings. The van der Waals surface area contributed by atoms with Crippen molar-refractivity contribution in [3.8, 4) is 0 Å². The molecule has 0 aliphatic heterocycles. The van der Waals surface area contributed by atoms with Gasteiger partial charge < -0.3 is 4.74 Å². The molecule has 0 aromatic heterocycles. The number of Topliss-reactive ketones (excluding diaryl/α,β-unsaturated/α-hetero) is 2. The van der Waals surface area contributed by atoms with Crippen LogP contribution in [0.2, 0.25) is 0 Å². The molecule has 0 unspecified atom stereocenters. The quantitative estimate of drug-likeness (QED) is 0.550. The van der Waals surface area contributed by atoms with E-state index in [4.69, 9.17) is 0 Å². The van der Waals surface area contributed by atoms with Crippen molar-refractivity contribution in [3.05, 3.63) is 30.3 Å². The molecule has 0 aliphatic rings. The predicted molar refractivity (Wildman–Crippen MR) is 82.4 cm³/mol. The molecule has 0 radical (unpaired) electrons. The molecular formula is C15H16F3NO6S. The Balaban J connectivity index is 3.77. The zero-order chi connectivity index (χ0) is 20.3. The van der Waals surface area contributed by atoms with Gasteiger partial charge in [0.2, 0.25) is 15.6 Å². The number of rotatable bonds is 7. The molecule has 7 nitrogen and oxygen atoms in total. The number of sulfonamides is 1. The summed E-state index contributed by atoms with van der Waals surface area (Å²) >= 11 is 0. The van der Waals surface area contributed by atoms with Crippen LogP contribution in [0.5, 0.6) is 0 Å². The number of esters is 1. The van der Waals surface area contributed by atoms with E-state index < -0.39 is 50.1 Å². The Morgan fingerprint density at radius 3 is 1.85 bits per heavy atom. The lowest BCUT2D eigenvalue weighted by atomic mass is 9.79. The van der Waals surface area contributed by atoms with E-state index >= 15 is 0 Å². The summed E-state index contributed by atoms with van der Waals surface area (Å²) in [5.41, 5.74) is -4.10. The maximum atomic E-state index is 13.9. The first-order valence-electron chi connectivity index (χ1n) is 7.06. The van der Waals surface area contributed by atoms with Crippen LogP contribution in [0.25, 0.3) is 0 Å². The maximum Gasteiger partial charge on any atom is 0.419 e. The van der Waals surface area contributed by atoms with Crippen LogP contribution < -0.4 is 4.72 Å². The summed E-state index contributed by atoms with van der Waals surface area (Å²) in [7, 11) is -4.36. The Kier molecular flexibility index (Phi) is 6.31. The van der Waals surface area contributed by atoms with Crippen molar-refractivity contribution in [1.82, 2.24) is 4.72 Å². The van der Waals surface area contributed by atoms with Gasteiger partial charge in [0.1, 0.15) is 17.5 Å². The summed E-state index contributed by atoms with van der Waals surface area (Å²) in [6, 6.07) is 5.88. The highest BCUT2D eigenvalue weighted by atomic mass is 32.2. The van der Waals surface area contributed by atoms with Gasteiger partial charge in [-0.1, -0.05) is 18.2 Å². The summed E-state index contributed by atoms with van der Waals surface area (Å²) in [6.07, 6.45) is -5.65. The largest absolute Gasteiger partial charge is 0.467 e. The molecule has 0 amide bonds. The topological polar surface area (TPSA) is 107 Å². The standard InChI is InChI=1S/C15H16F3NO6S/c1-9(20)12(10(2)21)14(13(22)25-3,15(16,17)18)19-26(23,24)11-7-5-4-6-8-11/h4-8,12,19H,1-3H3/t14-/m1/s1. The van der Waals surface area contributed by atoms with E-state index in [1.54, 1.807) is 0 Å². The molecule has 0 fully saturated rings. The molecule has 0 bridgehead atoms. The minimum Gasteiger partial charge on any atom is -0.467 e. The number of carbonyl (C=O) groups is 3. The summed E-state index contributed by atoms with van der Waals surface area (Å²) in [5.74, 6) is -7.49. The van der Waals surface area contributed by atoms with Crippen LogP contribution in [-0.2, 0) is 29.1 Å². The highest BCUT2D eigenvalue weighted by molar-refractivity contribution is 7.89. The van der Waals surface area contributed by atoms with Crippen molar-refractivity contribution >= 4 is 27.6 Å². The molecule has 11 heteroatoms. The monoisotopic (exact) mass is 395 g/mol. The first-order chi connectivity index (χ1) is 11.8. The molecule has 0 spiro atoms. The van der Waals surface area contributed by atoms with Crippen LogP contribution in [0.4, 0.5) is 13.2 Å². The van der Waals surface area contributed by atoms with Crippen molar-refractivity contribution in [3.63, 3.8) is 0 Å². The third kappa shape index (κ3) is 3.93. The number of alkyl halides is 3. The molecule has 0 heterocycles. The Morgan fingerprint density at radius 1 is 1.04 bits per heavy atom. The first kappa shape index (κ1) is 21.8. The second-order valence-electron chi connectivity index (χ2n) is 5.37. The first-order valence-corrected chi connectivity index (χ1v) is 8.54. The van der Waals surface area contributed by atoms with Gasteiger partial charge in [-0.3, -0.25) is 9.59 Å². The average molecular weight is 395 g/mol. The van der Waals surface area contributed by atoms with Gasteiger partial charge in [-0.15, -0.1) is 0 Å². The number of methoxy groups -OCH3 is 1. The number of ether oxygens (including phenoxy) is 1. The number of nitrogens with one attached hydrogen (secondary N) is 1. The van der Waals surface area contributed by atoms with Crippen LogP contribution in [0.3, 0.4) is 0 Å². The zero-order valence-corrected chi connectivity index (χ0v) is 14.8. The maximum absolute atomic E-state index is 13.9. The molecule has 0 aliphatic carbocycles. The third-order valence-electron chi connectivity index (χ3n) is 3.55. The molecule has 1 atom stereocenters. The number of hydrogen-bond donors (Lipinski definition) is 1. The molecule has 26 heavy (non-hydrogen) atoms. The smallest absolute Gasteiger partial charge is 0.419 e. The van der Waals surface area contributed by atoms with Crippen LogP contribution in [-0.4, -0.2) is 44.8 Å². The van der Waals surface area contributed by atoms with Gasteiger partial charge in [-0.05, 0) is 26.0 Å². The van der Waals surface area contributed by atoms with E-state index in [-0.39, 0.29) is 0 Å². The van der Waals surface area contributed by atoms with E-state index in [2.05, 4.69) is 4.74 Å². The molecular weight excluding hydrogens is 379 g/mol. The SMILES string of the molecule is COC(=O)[C@](NS(=O)(=O)c1ccccc1)(C(C(C)=O)C(C)=O)C(F)(F)F. The molecule has 1 rings (SSSR count). The Labute approximate surface area is 147 Å². The summed E-state index contributed by atoms with van der Waals surface area (Å²) in [5, 5.41) is 0. The van der Waals surface area contributed by atoms with Crippen molar-refractivity contribution in [2.24, 2.45) is 5.92 Å². The van der Waals surface area contributed by atoms with Crippen molar-refractivity contribution < 1.29 is 40.7 Å². The zero-order valence-electron chi connectivity index (χ0n) is 14.0. The van der Waals surface area contributed by atoms with Gasteiger partial charge in [0.15, 0.2) is 0 Å². The highest BCUT2D eigenvalue weighted by Gasteiger charge is 2.70. The fourth-order valence-electron chi connectivity index (χ4n) is 2.48. The average Bonchev–Trinajstić information content (AvgIpc) is 2.52. The molecule has 144 valence electrons. The van der Waals surface area contributed by atoms with Gasteiger partial charge in [0.25, 0.3) is 0 Å². The predicted octanol–water partition coefficient (Wildman–Crippen LogP) is 1.23. The molecule has 1 aromatic carbocycles. The number of ketones is 2. The van der Waals surface area contributed by atoms with Gasteiger partial charge in [0.05, 0.1) is 12.0 Å². The fraction of sp³-hybridized carbons (Fsp3) is 0.400. The number of hydrogen-bond acceptors (Lipinski definition) is 6. The molecule has 1 N–H and O–H groups in total. The van der Waals surface area contributed by atoms with E-state index in [1.165, 1.54) is 22.9 Å². The van der Waals surface area contributed by atoms with Crippen LogP contribution in [0.1, 0.15) is 13.8 Å². The van der Waals surface area contributed by atoms with Crippen LogP contribution >= 0.6 is 0 Å². The second kappa shape index (κ2) is 7.54. The summed E-state index contributed by atoms with van der Waals surface area (Å²) < 4.78 is 71.9. The van der Waals surface area contributed by atoms with E-state index in [9.17, 15) is 36.0 Å². The second-order valence-corrected chi connectivity index (χ2v) is 7.05. The lowest BCUT2D eigenvalue weighted by molar-refractivity contribution is -0.218. The van der Waals surface area contributed by atoms with Crippen molar-refractivity contribution in [2.45, 2.75) is 30.5 Å². The van der Waals surface area contributed by atoms with E-state index in [0.717, 1.165) is 12.1 Å². The normalized spacial score (nSPS) is 14.6. The third-order valence-corrected chi connectivity index (χ3v) is 5.03. The summed E-state index contributed by atoms with van der Waals surface area (Å²) in [6.45, 7) is 1.29. The van der Waals surface area contributed by atoms with Gasteiger partial charge in [-0.25, -0.2) is 13.2 Å². The number of halogens is 3. The molecule has 0 saturated carbocycles. The Hall–Kier alpha value is -2.27. The van der Waals surface area contributed by atoms with Crippen molar-refractivity contribution in [2.75, 3.05) is 7.11 Å². The minimum absolute atomic E-state index is 0.580. The lowest BCUT2D eigenvalue weighted by Gasteiger charge is -2.37. The van der Waals surface area contributed by atoms with Crippen LogP contribution in [0.15, 0.2) is 35.2 Å². The molecule has 0 saturated heterocycles. The van der Waals surface area contributed by atoms with Gasteiger partial charge in [0, 0.05) is 0 Å².